The van der Waals surface area contributed by atoms with Gasteiger partial charge in [0.25, 0.3) is 5.56 Å². The number of para-hydroxylation sites is 1. The molecule has 0 saturated carbocycles. The van der Waals surface area contributed by atoms with Crippen LogP contribution in [0.4, 0.5) is 5.69 Å². The third-order valence-electron chi connectivity index (χ3n) is 3.30. The van der Waals surface area contributed by atoms with E-state index in [1.807, 2.05) is 0 Å². The first-order valence-corrected chi connectivity index (χ1v) is 6.73. The van der Waals surface area contributed by atoms with Crippen LogP contribution >= 0.6 is 0 Å². The van der Waals surface area contributed by atoms with Crippen molar-refractivity contribution in [3.8, 4) is 5.75 Å². The largest absolute Gasteiger partial charge is 0.502 e. The molecule has 0 radical (unpaired) electrons. The number of phenolic OH excluding ortho intramolecular Hbond substituents is 1. The van der Waals surface area contributed by atoms with Gasteiger partial charge in [-0.2, -0.15) is 5.10 Å². The molecule has 2 aromatic carbocycles. The molecule has 0 unspecified atom stereocenters. The second-order valence-electron chi connectivity index (χ2n) is 4.84. The first-order chi connectivity index (χ1) is 11.5. The van der Waals surface area contributed by atoms with Crippen LogP contribution in [0.5, 0.6) is 5.75 Å². The van der Waals surface area contributed by atoms with Crippen molar-refractivity contribution < 1.29 is 10.0 Å². The number of hydrogen-bond donors (Lipinski definition) is 2. The van der Waals surface area contributed by atoms with Gasteiger partial charge in [0, 0.05) is 11.6 Å². The maximum atomic E-state index is 12.3. The number of benzene rings is 2. The van der Waals surface area contributed by atoms with Crippen LogP contribution < -0.4 is 11.2 Å². The van der Waals surface area contributed by atoms with E-state index in [1.165, 1.54) is 6.07 Å². The number of aromatic nitrogens is 2. The van der Waals surface area contributed by atoms with Gasteiger partial charge >= 0.3 is 11.4 Å². The molecule has 9 nitrogen and oxygen atoms in total. The van der Waals surface area contributed by atoms with Crippen molar-refractivity contribution in [3.05, 3.63) is 79.0 Å². The maximum Gasteiger partial charge on any atom is 0.349 e. The standard InChI is InChI=1S/C15H10N4O5/c20-13-6-5-9(7-12(13)19(23)24)8-16-18-14(21)10-3-1-2-4-11(10)17-15(18)22/h1-8,20H,(H,17,22). The Morgan fingerprint density at radius 3 is 2.71 bits per heavy atom. The zero-order chi connectivity index (χ0) is 17.3. The number of aromatic hydroxyl groups is 1. The van der Waals surface area contributed by atoms with E-state index in [4.69, 9.17) is 0 Å². The first kappa shape index (κ1) is 15.2. The highest BCUT2D eigenvalue weighted by Crippen LogP contribution is 2.25. The molecule has 0 spiro atoms. The number of H-pyrrole nitrogens is 1. The molecule has 0 fully saturated rings. The summed E-state index contributed by atoms with van der Waals surface area (Å²) in [6.07, 6.45) is 1.12. The summed E-state index contributed by atoms with van der Waals surface area (Å²) in [4.78, 5) is 36.8. The summed E-state index contributed by atoms with van der Waals surface area (Å²) in [5.74, 6) is -0.488. The molecule has 0 aliphatic carbocycles. The molecule has 0 amide bonds. The molecule has 1 aromatic heterocycles. The van der Waals surface area contributed by atoms with Crippen molar-refractivity contribution in [1.82, 2.24) is 9.66 Å². The summed E-state index contributed by atoms with van der Waals surface area (Å²) in [5.41, 5.74) is -1.21. The Balaban J connectivity index is 2.09. The number of phenols is 1. The van der Waals surface area contributed by atoms with Crippen LogP contribution in [-0.2, 0) is 0 Å². The first-order valence-electron chi connectivity index (χ1n) is 6.73. The minimum Gasteiger partial charge on any atom is -0.502 e. The average Bonchev–Trinajstić information content (AvgIpc) is 2.55. The van der Waals surface area contributed by atoms with E-state index in [9.17, 15) is 24.8 Å². The zero-order valence-electron chi connectivity index (χ0n) is 12.0. The molecule has 120 valence electrons. The summed E-state index contributed by atoms with van der Waals surface area (Å²) < 4.78 is 0.626. The van der Waals surface area contributed by atoms with E-state index in [2.05, 4.69) is 10.1 Å². The number of fused-ring (bicyclic) bond motifs is 1. The fraction of sp³-hybridized carbons (Fsp3) is 0. The summed E-state index contributed by atoms with van der Waals surface area (Å²) in [7, 11) is 0. The van der Waals surface area contributed by atoms with Gasteiger partial charge in [-0.15, -0.1) is 4.68 Å². The van der Waals surface area contributed by atoms with Crippen molar-refractivity contribution in [2.24, 2.45) is 5.10 Å². The summed E-state index contributed by atoms with van der Waals surface area (Å²) in [5, 5.41) is 24.3. The number of nitro benzene ring substituents is 1. The van der Waals surface area contributed by atoms with Crippen LogP contribution in [0.1, 0.15) is 5.56 Å². The van der Waals surface area contributed by atoms with Crippen molar-refractivity contribution >= 4 is 22.8 Å². The molecular formula is C15H10N4O5. The van der Waals surface area contributed by atoms with Gasteiger partial charge in [0.2, 0.25) is 0 Å². The number of nitro groups is 1. The smallest absolute Gasteiger partial charge is 0.349 e. The minimum absolute atomic E-state index is 0.249. The van der Waals surface area contributed by atoms with Crippen molar-refractivity contribution in [2.45, 2.75) is 0 Å². The normalized spacial score (nSPS) is 11.2. The quantitative estimate of drug-likeness (QED) is 0.424. The van der Waals surface area contributed by atoms with Gasteiger partial charge in [-0.05, 0) is 24.3 Å². The van der Waals surface area contributed by atoms with Gasteiger partial charge < -0.3 is 10.1 Å². The lowest BCUT2D eigenvalue weighted by Crippen LogP contribution is -2.32. The van der Waals surface area contributed by atoms with Crippen molar-refractivity contribution in [1.29, 1.82) is 0 Å². The number of aromatic amines is 1. The highest BCUT2D eigenvalue weighted by atomic mass is 16.6. The van der Waals surface area contributed by atoms with Gasteiger partial charge in [-0.25, -0.2) is 4.79 Å². The molecule has 0 saturated heterocycles. The Hall–Kier alpha value is -3.75. The van der Waals surface area contributed by atoms with Crippen LogP contribution in [0.2, 0.25) is 0 Å². The topological polar surface area (TPSA) is 131 Å². The van der Waals surface area contributed by atoms with E-state index < -0.39 is 27.6 Å². The van der Waals surface area contributed by atoms with Crippen LogP contribution in [0, 0.1) is 10.1 Å². The van der Waals surface area contributed by atoms with E-state index >= 15 is 0 Å². The maximum absolute atomic E-state index is 12.3. The number of nitrogens with zero attached hydrogens (tertiary/aromatic N) is 3. The lowest BCUT2D eigenvalue weighted by Gasteiger charge is -2.01. The van der Waals surface area contributed by atoms with Crippen LogP contribution in [0.15, 0.2) is 57.2 Å². The van der Waals surface area contributed by atoms with Crippen LogP contribution in [0.25, 0.3) is 10.9 Å². The molecule has 0 aliphatic heterocycles. The lowest BCUT2D eigenvalue weighted by molar-refractivity contribution is -0.385. The van der Waals surface area contributed by atoms with Gasteiger partial charge in [-0.1, -0.05) is 12.1 Å². The van der Waals surface area contributed by atoms with Crippen molar-refractivity contribution in [2.75, 3.05) is 0 Å². The SMILES string of the molecule is O=c1[nH]c2ccccc2c(=O)n1N=Cc1ccc(O)c([N+](=O)[O-])c1. The third-order valence-corrected chi connectivity index (χ3v) is 3.30. The lowest BCUT2D eigenvalue weighted by atomic mass is 10.2. The number of hydrogen-bond acceptors (Lipinski definition) is 6. The average molecular weight is 326 g/mol. The van der Waals surface area contributed by atoms with Crippen LogP contribution in [0.3, 0.4) is 0 Å². The Morgan fingerprint density at radius 2 is 1.96 bits per heavy atom. The minimum atomic E-state index is -0.748. The summed E-state index contributed by atoms with van der Waals surface area (Å²) in [6, 6.07) is 10.1. The molecule has 9 heteroatoms. The Labute approximate surface area is 133 Å². The fourth-order valence-electron chi connectivity index (χ4n) is 2.15. The zero-order valence-corrected chi connectivity index (χ0v) is 12.0. The molecule has 24 heavy (non-hydrogen) atoms. The Morgan fingerprint density at radius 1 is 1.21 bits per heavy atom. The molecule has 2 N–H and O–H groups in total. The monoisotopic (exact) mass is 326 g/mol. The van der Waals surface area contributed by atoms with Gasteiger partial charge in [-0.3, -0.25) is 14.9 Å². The number of nitrogens with one attached hydrogen (secondary N) is 1. The van der Waals surface area contributed by atoms with E-state index in [0.717, 1.165) is 18.3 Å². The second-order valence-corrected chi connectivity index (χ2v) is 4.84. The molecule has 0 atom stereocenters. The molecule has 3 rings (SSSR count). The number of rotatable bonds is 3. The van der Waals surface area contributed by atoms with Crippen LogP contribution in [-0.4, -0.2) is 25.9 Å². The Bertz CT molecular complexity index is 1100. The molecule has 1 heterocycles. The molecule has 0 aliphatic rings. The highest BCUT2D eigenvalue weighted by Gasteiger charge is 2.13. The predicted molar refractivity (Wildman–Crippen MR) is 86.6 cm³/mol. The third kappa shape index (κ3) is 2.65. The van der Waals surface area contributed by atoms with E-state index in [-0.39, 0.29) is 10.9 Å². The van der Waals surface area contributed by atoms with Gasteiger partial charge in [0.05, 0.1) is 22.0 Å². The van der Waals surface area contributed by atoms with E-state index in [0.29, 0.717) is 10.2 Å². The molecular weight excluding hydrogens is 316 g/mol. The second kappa shape index (κ2) is 5.80. The highest BCUT2D eigenvalue weighted by molar-refractivity contribution is 5.82. The fourth-order valence-corrected chi connectivity index (χ4v) is 2.15. The molecule has 0 bridgehead atoms. The Kier molecular flexibility index (Phi) is 3.66. The van der Waals surface area contributed by atoms with E-state index in [1.54, 1.807) is 24.3 Å². The van der Waals surface area contributed by atoms with Gasteiger partial charge in [0.1, 0.15) is 0 Å². The summed E-state index contributed by atoms with van der Waals surface area (Å²) >= 11 is 0. The predicted octanol–water partition coefficient (Wildman–Crippen LogP) is 1.19. The van der Waals surface area contributed by atoms with Crippen molar-refractivity contribution in [3.63, 3.8) is 0 Å². The van der Waals surface area contributed by atoms with Gasteiger partial charge in [0.15, 0.2) is 5.75 Å². The summed E-state index contributed by atoms with van der Waals surface area (Å²) in [6.45, 7) is 0. The molecule has 3 aromatic rings.